The Bertz CT molecular complexity index is 462. The van der Waals surface area contributed by atoms with Gasteiger partial charge >= 0.3 is 0 Å². The van der Waals surface area contributed by atoms with Crippen LogP contribution in [0.2, 0.25) is 0 Å². The van der Waals surface area contributed by atoms with Crippen LogP contribution in [0.1, 0.15) is 16.8 Å². The molecule has 0 spiro atoms. The lowest BCUT2D eigenvalue weighted by Gasteiger charge is -2.10. The number of amides is 2. The molecule has 19 heavy (non-hydrogen) atoms. The summed E-state index contributed by atoms with van der Waals surface area (Å²) in [4.78, 5) is 22.9. The molecule has 0 bridgehead atoms. The second kappa shape index (κ2) is 7.22. The minimum absolute atomic E-state index is 0.145. The SMILES string of the molecule is COc1ccc(C(=O)NNC(=O)CCN)cc1OC. The highest BCUT2D eigenvalue weighted by atomic mass is 16.5. The highest BCUT2D eigenvalue weighted by Crippen LogP contribution is 2.27. The molecule has 0 saturated carbocycles. The molecule has 0 aromatic heterocycles. The van der Waals surface area contributed by atoms with Gasteiger partial charge in [0.2, 0.25) is 5.91 Å². The lowest BCUT2D eigenvalue weighted by molar-refractivity contribution is -0.121. The molecule has 0 fully saturated rings. The van der Waals surface area contributed by atoms with Crippen molar-refractivity contribution in [3.05, 3.63) is 23.8 Å². The van der Waals surface area contributed by atoms with Crippen molar-refractivity contribution in [3.8, 4) is 11.5 Å². The third-order valence-electron chi connectivity index (χ3n) is 2.33. The van der Waals surface area contributed by atoms with Gasteiger partial charge in [-0.1, -0.05) is 0 Å². The number of nitrogens with two attached hydrogens (primary N) is 1. The number of hydrazine groups is 1. The van der Waals surface area contributed by atoms with Crippen molar-refractivity contribution in [1.82, 2.24) is 10.9 Å². The van der Waals surface area contributed by atoms with E-state index in [9.17, 15) is 9.59 Å². The first kappa shape index (κ1) is 14.8. The largest absolute Gasteiger partial charge is 0.493 e. The molecule has 4 N–H and O–H groups in total. The number of nitrogens with one attached hydrogen (secondary N) is 2. The minimum atomic E-state index is -0.452. The van der Waals surface area contributed by atoms with Gasteiger partial charge in [-0.3, -0.25) is 20.4 Å². The molecule has 0 heterocycles. The summed E-state index contributed by atoms with van der Waals surface area (Å²) in [5.41, 5.74) is 10.1. The maximum atomic E-state index is 11.8. The molecule has 1 rings (SSSR count). The van der Waals surface area contributed by atoms with Crippen molar-refractivity contribution < 1.29 is 19.1 Å². The minimum Gasteiger partial charge on any atom is -0.493 e. The van der Waals surface area contributed by atoms with Crippen LogP contribution in [0, 0.1) is 0 Å². The summed E-state index contributed by atoms with van der Waals surface area (Å²) in [6.45, 7) is 0.220. The number of ether oxygens (including phenoxy) is 2. The van der Waals surface area contributed by atoms with Crippen molar-refractivity contribution in [1.29, 1.82) is 0 Å². The van der Waals surface area contributed by atoms with Crippen LogP contribution >= 0.6 is 0 Å². The summed E-state index contributed by atoms with van der Waals surface area (Å²) in [7, 11) is 2.98. The molecule has 0 aliphatic rings. The molecule has 7 heteroatoms. The Morgan fingerprint density at radius 2 is 1.84 bits per heavy atom. The van der Waals surface area contributed by atoms with E-state index in [-0.39, 0.29) is 18.9 Å². The van der Waals surface area contributed by atoms with Crippen molar-refractivity contribution in [3.63, 3.8) is 0 Å². The Balaban J connectivity index is 2.69. The zero-order valence-electron chi connectivity index (χ0n) is 10.9. The van der Waals surface area contributed by atoms with Crippen molar-refractivity contribution in [2.45, 2.75) is 6.42 Å². The molecule has 104 valence electrons. The van der Waals surface area contributed by atoms with E-state index < -0.39 is 5.91 Å². The van der Waals surface area contributed by atoms with E-state index in [1.165, 1.54) is 20.3 Å². The van der Waals surface area contributed by atoms with Crippen molar-refractivity contribution in [2.75, 3.05) is 20.8 Å². The van der Waals surface area contributed by atoms with Crippen LogP contribution in [0.5, 0.6) is 11.5 Å². The van der Waals surface area contributed by atoms with E-state index in [1.54, 1.807) is 12.1 Å². The molecule has 0 saturated heterocycles. The molecule has 0 unspecified atom stereocenters. The monoisotopic (exact) mass is 267 g/mol. The molecule has 0 atom stereocenters. The molecular weight excluding hydrogens is 250 g/mol. The second-order valence-corrected chi connectivity index (χ2v) is 3.61. The summed E-state index contributed by atoms with van der Waals surface area (Å²) in [6.07, 6.45) is 0.145. The van der Waals surface area contributed by atoms with Gasteiger partial charge in [0.25, 0.3) is 5.91 Å². The van der Waals surface area contributed by atoms with Gasteiger partial charge in [-0.15, -0.1) is 0 Å². The molecule has 1 aromatic rings. The lowest BCUT2D eigenvalue weighted by Crippen LogP contribution is -2.42. The Kier molecular flexibility index (Phi) is 5.62. The van der Waals surface area contributed by atoms with E-state index in [0.29, 0.717) is 17.1 Å². The first-order valence-electron chi connectivity index (χ1n) is 5.63. The number of hydrogen-bond acceptors (Lipinski definition) is 5. The number of hydrogen-bond donors (Lipinski definition) is 3. The summed E-state index contributed by atoms with van der Waals surface area (Å²) in [6, 6.07) is 4.69. The van der Waals surface area contributed by atoms with Crippen LogP contribution in [-0.4, -0.2) is 32.6 Å². The Morgan fingerprint density at radius 3 is 2.42 bits per heavy atom. The standard InChI is InChI=1S/C12H17N3O4/c1-18-9-4-3-8(7-10(9)19-2)12(17)15-14-11(16)5-6-13/h3-4,7H,5-6,13H2,1-2H3,(H,14,16)(H,15,17). The average Bonchev–Trinajstić information content (AvgIpc) is 2.44. The van der Waals surface area contributed by atoms with Gasteiger partial charge in [-0.05, 0) is 18.2 Å². The number of benzene rings is 1. The first-order valence-corrected chi connectivity index (χ1v) is 5.63. The van der Waals surface area contributed by atoms with Crippen molar-refractivity contribution >= 4 is 11.8 Å². The number of methoxy groups -OCH3 is 2. The quantitative estimate of drug-likeness (QED) is 0.642. The number of carbonyl (C=O) groups is 2. The highest BCUT2D eigenvalue weighted by Gasteiger charge is 2.11. The van der Waals surface area contributed by atoms with E-state index in [2.05, 4.69) is 10.9 Å². The van der Waals surface area contributed by atoms with Gasteiger partial charge in [-0.25, -0.2) is 0 Å². The molecule has 2 amide bonds. The number of carbonyl (C=O) groups excluding carboxylic acids is 2. The zero-order valence-corrected chi connectivity index (χ0v) is 10.9. The first-order chi connectivity index (χ1) is 9.12. The topological polar surface area (TPSA) is 103 Å². The van der Waals surface area contributed by atoms with Crippen LogP contribution in [0.15, 0.2) is 18.2 Å². The lowest BCUT2D eigenvalue weighted by atomic mass is 10.2. The van der Waals surface area contributed by atoms with Crippen LogP contribution in [0.4, 0.5) is 0 Å². The van der Waals surface area contributed by atoms with Crippen LogP contribution in [0.3, 0.4) is 0 Å². The summed E-state index contributed by atoms with van der Waals surface area (Å²) < 4.78 is 10.1. The Hall–Kier alpha value is -2.28. The Morgan fingerprint density at radius 1 is 1.16 bits per heavy atom. The third kappa shape index (κ3) is 4.14. The van der Waals surface area contributed by atoms with Crippen molar-refractivity contribution in [2.24, 2.45) is 5.73 Å². The van der Waals surface area contributed by atoms with Gasteiger partial charge in [0.1, 0.15) is 0 Å². The van der Waals surface area contributed by atoms with Crippen LogP contribution in [0.25, 0.3) is 0 Å². The summed E-state index contributed by atoms with van der Waals surface area (Å²) in [5.74, 6) is 0.150. The fraction of sp³-hybridized carbons (Fsp3) is 0.333. The maximum absolute atomic E-state index is 11.8. The molecule has 7 nitrogen and oxygen atoms in total. The summed E-state index contributed by atoms with van der Waals surface area (Å²) in [5, 5.41) is 0. The second-order valence-electron chi connectivity index (χ2n) is 3.61. The predicted octanol–water partition coefficient (Wildman–Crippen LogP) is -0.186. The zero-order chi connectivity index (χ0) is 14.3. The summed E-state index contributed by atoms with van der Waals surface area (Å²) >= 11 is 0. The fourth-order valence-electron chi connectivity index (χ4n) is 1.37. The van der Waals surface area contributed by atoms with Gasteiger partial charge in [-0.2, -0.15) is 0 Å². The maximum Gasteiger partial charge on any atom is 0.269 e. The van der Waals surface area contributed by atoms with Crippen LogP contribution < -0.4 is 26.1 Å². The van der Waals surface area contributed by atoms with Gasteiger partial charge < -0.3 is 15.2 Å². The van der Waals surface area contributed by atoms with Gasteiger partial charge in [0.15, 0.2) is 11.5 Å². The van der Waals surface area contributed by atoms with E-state index in [0.717, 1.165) is 0 Å². The highest BCUT2D eigenvalue weighted by molar-refractivity contribution is 5.96. The Labute approximate surface area is 111 Å². The van der Waals surface area contributed by atoms with Gasteiger partial charge in [0, 0.05) is 18.5 Å². The molecule has 1 aromatic carbocycles. The number of rotatable bonds is 5. The normalized spacial score (nSPS) is 9.63. The molecule has 0 radical (unpaired) electrons. The third-order valence-corrected chi connectivity index (χ3v) is 2.33. The van der Waals surface area contributed by atoms with E-state index in [1.807, 2.05) is 0 Å². The average molecular weight is 267 g/mol. The molecular formula is C12H17N3O4. The molecule has 0 aliphatic carbocycles. The predicted molar refractivity (Wildman–Crippen MR) is 68.8 cm³/mol. The van der Waals surface area contributed by atoms with E-state index in [4.69, 9.17) is 15.2 Å². The van der Waals surface area contributed by atoms with Gasteiger partial charge in [0.05, 0.1) is 14.2 Å². The fourth-order valence-corrected chi connectivity index (χ4v) is 1.37. The molecule has 0 aliphatic heterocycles. The smallest absolute Gasteiger partial charge is 0.269 e. The van der Waals surface area contributed by atoms with Crippen LogP contribution in [-0.2, 0) is 4.79 Å². The van der Waals surface area contributed by atoms with E-state index >= 15 is 0 Å².